The SMILES string of the molecule is CN(Cc1ccccc1)C1=CC(=O)CC1. The Balaban J connectivity index is 2.01. The van der Waals surface area contributed by atoms with Crippen LogP contribution in [0.3, 0.4) is 0 Å². The highest BCUT2D eigenvalue weighted by Crippen LogP contribution is 2.19. The Morgan fingerprint density at radius 1 is 1.20 bits per heavy atom. The summed E-state index contributed by atoms with van der Waals surface area (Å²) in [6.45, 7) is 0.875. The zero-order valence-corrected chi connectivity index (χ0v) is 8.94. The highest BCUT2D eigenvalue weighted by molar-refractivity contribution is 5.92. The number of ketones is 1. The molecule has 2 rings (SSSR count). The fourth-order valence-electron chi connectivity index (χ4n) is 1.84. The van der Waals surface area contributed by atoms with Gasteiger partial charge in [-0.3, -0.25) is 4.79 Å². The van der Waals surface area contributed by atoms with Crippen molar-refractivity contribution in [1.82, 2.24) is 4.90 Å². The Hall–Kier alpha value is -1.57. The van der Waals surface area contributed by atoms with E-state index in [0.717, 1.165) is 18.7 Å². The van der Waals surface area contributed by atoms with Crippen LogP contribution in [0.1, 0.15) is 18.4 Å². The second kappa shape index (κ2) is 4.30. The fraction of sp³-hybridized carbons (Fsp3) is 0.308. The molecule has 0 spiro atoms. The summed E-state index contributed by atoms with van der Waals surface area (Å²) in [7, 11) is 2.04. The molecular formula is C13H15NO. The maximum atomic E-state index is 11.1. The van der Waals surface area contributed by atoms with E-state index in [1.165, 1.54) is 5.56 Å². The highest BCUT2D eigenvalue weighted by Gasteiger charge is 2.15. The van der Waals surface area contributed by atoms with E-state index in [4.69, 9.17) is 0 Å². The molecule has 0 N–H and O–H groups in total. The lowest BCUT2D eigenvalue weighted by atomic mass is 10.2. The van der Waals surface area contributed by atoms with E-state index in [9.17, 15) is 4.79 Å². The van der Waals surface area contributed by atoms with Gasteiger partial charge in [-0.15, -0.1) is 0 Å². The predicted molar refractivity (Wildman–Crippen MR) is 60.2 cm³/mol. The van der Waals surface area contributed by atoms with Crippen molar-refractivity contribution in [2.75, 3.05) is 7.05 Å². The summed E-state index contributed by atoms with van der Waals surface area (Å²) >= 11 is 0. The largest absolute Gasteiger partial charge is 0.373 e. The zero-order chi connectivity index (χ0) is 10.7. The monoisotopic (exact) mass is 201 g/mol. The molecule has 0 aromatic heterocycles. The number of rotatable bonds is 3. The molecule has 0 heterocycles. The van der Waals surface area contributed by atoms with Crippen LogP contribution in [0.25, 0.3) is 0 Å². The smallest absolute Gasteiger partial charge is 0.157 e. The van der Waals surface area contributed by atoms with Gasteiger partial charge in [-0.2, -0.15) is 0 Å². The van der Waals surface area contributed by atoms with Crippen molar-refractivity contribution in [2.24, 2.45) is 0 Å². The van der Waals surface area contributed by atoms with E-state index in [1.54, 1.807) is 6.08 Å². The van der Waals surface area contributed by atoms with Gasteiger partial charge in [-0.05, 0) is 12.0 Å². The van der Waals surface area contributed by atoms with E-state index in [0.29, 0.717) is 6.42 Å². The molecule has 0 bridgehead atoms. The average molecular weight is 201 g/mol. The molecule has 0 saturated heterocycles. The first-order valence-corrected chi connectivity index (χ1v) is 5.24. The molecule has 78 valence electrons. The van der Waals surface area contributed by atoms with Gasteiger partial charge in [0.05, 0.1) is 0 Å². The molecule has 0 fully saturated rings. The summed E-state index contributed by atoms with van der Waals surface area (Å²) in [6, 6.07) is 10.3. The first-order chi connectivity index (χ1) is 7.25. The lowest BCUT2D eigenvalue weighted by molar-refractivity contribution is -0.114. The summed E-state index contributed by atoms with van der Waals surface area (Å²) in [5.74, 6) is 0.255. The van der Waals surface area contributed by atoms with Crippen LogP contribution in [0.5, 0.6) is 0 Å². The Labute approximate surface area is 90.2 Å². The van der Waals surface area contributed by atoms with Crippen molar-refractivity contribution in [3.8, 4) is 0 Å². The molecule has 0 unspecified atom stereocenters. The molecule has 1 aliphatic rings. The molecule has 15 heavy (non-hydrogen) atoms. The molecule has 2 nitrogen and oxygen atoms in total. The van der Waals surface area contributed by atoms with Gasteiger partial charge in [0.1, 0.15) is 0 Å². The van der Waals surface area contributed by atoms with Gasteiger partial charge in [-0.1, -0.05) is 30.3 Å². The maximum absolute atomic E-state index is 11.1. The second-order valence-corrected chi connectivity index (χ2v) is 3.94. The molecule has 1 aromatic rings. The number of carbonyl (C=O) groups is 1. The lowest BCUT2D eigenvalue weighted by Gasteiger charge is -2.20. The quantitative estimate of drug-likeness (QED) is 0.748. The Kier molecular flexibility index (Phi) is 2.86. The number of nitrogens with zero attached hydrogens (tertiary/aromatic N) is 1. The molecule has 0 saturated carbocycles. The topological polar surface area (TPSA) is 20.3 Å². The molecular weight excluding hydrogens is 186 g/mol. The normalized spacial score (nSPS) is 15.3. The number of hydrogen-bond acceptors (Lipinski definition) is 2. The number of carbonyl (C=O) groups excluding carboxylic acids is 1. The summed E-state index contributed by atoms with van der Waals surface area (Å²) in [5, 5.41) is 0. The van der Waals surface area contributed by atoms with Gasteiger partial charge in [0.2, 0.25) is 0 Å². The molecule has 0 amide bonds. The number of benzene rings is 1. The van der Waals surface area contributed by atoms with Gasteiger partial charge in [0, 0.05) is 31.8 Å². The van der Waals surface area contributed by atoms with Crippen LogP contribution < -0.4 is 0 Å². The molecule has 0 radical (unpaired) electrons. The van der Waals surface area contributed by atoms with E-state index < -0.39 is 0 Å². The average Bonchev–Trinajstić information content (AvgIpc) is 2.66. The van der Waals surface area contributed by atoms with Crippen molar-refractivity contribution >= 4 is 5.78 Å². The Morgan fingerprint density at radius 2 is 1.93 bits per heavy atom. The maximum Gasteiger partial charge on any atom is 0.157 e. The van der Waals surface area contributed by atoms with Crippen LogP contribution in [0, 0.1) is 0 Å². The molecule has 1 aliphatic carbocycles. The highest BCUT2D eigenvalue weighted by atomic mass is 16.1. The van der Waals surface area contributed by atoms with E-state index in [2.05, 4.69) is 17.0 Å². The molecule has 1 aromatic carbocycles. The number of hydrogen-bond donors (Lipinski definition) is 0. The first kappa shape index (κ1) is 9.97. The van der Waals surface area contributed by atoms with Crippen molar-refractivity contribution < 1.29 is 4.79 Å². The van der Waals surface area contributed by atoms with Gasteiger partial charge in [0.25, 0.3) is 0 Å². The molecule has 0 atom stereocenters. The van der Waals surface area contributed by atoms with Gasteiger partial charge < -0.3 is 4.90 Å². The minimum atomic E-state index is 0.255. The summed E-state index contributed by atoms with van der Waals surface area (Å²) in [5.41, 5.74) is 2.43. The van der Waals surface area contributed by atoms with Crippen LogP contribution >= 0.6 is 0 Å². The van der Waals surface area contributed by atoms with E-state index in [1.807, 2.05) is 25.2 Å². The summed E-state index contributed by atoms with van der Waals surface area (Å²) in [4.78, 5) is 13.3. The van der Waals surface area contributed by atoms with Crippen LogP contribution in [-0.4, -0.2) is 17.7 Å². The second-order valence-electron chi connectivity index (χ2n) is 3.94. The van der Waals surface area contributed by atoms with E-state index in [-0.39, 0.29) is 5.78 Å². The first-order valence-electron chi connectivity index (χ1n) is 5.24. The zero-order valence-electron chi connectivity index (χ0n) is 8.94. The van der Waals surface area contributed by atoms with Crippen LogP contribution in [0.4, 0.5) is 0 Å². The minimum absolute atomic E-state index is 0.255. The predicted octanol–water partition coefficient (Wildman–Crippen LogP) is 2.37. The van der Waals surface area contributed by atoms with Crippen LogP contribution in [0.15, 0.2) is 42.1 Å². The fourth-order valence-corrected chi connectivity index (χ4v) is 1.84. The van der Waals surface area contributed by atoms with Crippen LogP contribution in [-0.2, 0) is 11.3 Å². The van der Waals surface area contributed by atoms with Crippen molar-refractivity contribution in [2.45, 2.75) is 19.4 Å². The van der Waals surface area contributed by atoms with Gasteiger partial charge in [-0.25, -0.2) is 0 Å². The van der Waals surface area contributed by atoms with E-state index >= 15 is 0 Å². The summed E-state index contributed by atoms with van der Waals surface area (Å²) in [6.07, 6.45) is 3.33. The molecule has 0 aliphatic heterocycles. The molecule has 2 heteroatoms. The van der Waals surface area contributed by atoms with Crippen LogP contribution in [0.2, 0.25) is 0 Å². The third kappa shape index (κ3) is 2.46. The minimum Gasteiger partial charge on any atom is -0.373 e. The van der Waals surface area contributed by atoms with Crippen molar-refractivity contribution in [1.29, 1.82) is 0 Å². The lowest BCUT2D eigenvalue weighted by Crippen LogP contribution is -2.15. The van der Waals surface area contributed by atoms with Gasteiger partial charge in [0.15, 0.2) is 5.78 Å². The number of allylic oxidation sites excluding steroid dienone is 2. The van der Waals surface area contributed by atoms with Crippen molar-refractivity contribution in [3.05, 3.63) is 47.7 Å². The third-order valence-corrected chi connectivity index (χ3v) is 2.71. The Bertz CT molecular complexity index is 381. The van der Waals surface area contributed by atoms with Gasteiger partial charge >= 0.3 is 0 Å². The van der Waals surface area contributed by atoms with Crippen molar-refractivity contribution in [3.63, 3.8) is 0 Å². The Morgan fingerprint density at radius 3 is 2.53 bits per heavy atom. The third-order valence-electron chi connectivity index (χ3n) is 2.71. The standard InChI is InChI=1S/C13H15NO/c1-14(12-7-8-13(15)9-12)10-11-5-3-2-4-6-11/h2-6,9H,7-8,10H2,1H3. The summed E-state index contributed by atoms with van der Waals surface area (Å²) < 4.78 is 0.